The van der Waals surface area contributed by atoms with Crippen LogP contribution in [-0.2, 0) is 0 Å². The fourth-order valence-electron chi connectivity index (χ4n) is 6.03. The fourth-order valence-corrected chi connectivity index (χ4v) is 6.03. The van der Waals surface area contributed by atoms with Crippen LogP contribution in [0, 0.1) is 34.5 Å². The molecule has 4 rings (SSSR count). The van der Waals surface area contributed by atoms with Crippen molar-refractivity contribution in [3.63, 3.8) is 0 Å². The molecular weight excluding hydrogens is 274 g/mol. The maximum atomic E-state index is 10.9. The summed E-state index contributed by atoms with van der Waals surface area (Å²) in [5.41, 5.74) is 7.45. The molecule has 2 fully saturated rings. The average Bonchev–Trinajstić information content (AvgIpc) is 2.77. The Morgan fingerprint density at radius 3 is 2.82 bits per heavy atom. The molecule has 1 unspecified atom stereocenters. The molecule has 3 heteroatoms. The standard InChI is InChI=1S/C19H27NO2/c1-18-7-5-12(21)9-11(18)10-15(22)17-13-3-4-16(20)19(13,2)8-6-14(17)18/h4-5,7,9,11,13-15,17,21-22H,3,6,8,10,20H2,1-2H3/t11?,13-,14-,15-,17-,18-,19-/m0/s1. The molecule has 0 bridgehead atoms. The van der Waals surface area contributed by atoms with E-state index in [4.69, 9.17) is 5.73 Å². The highest BCUT2D eigenvalue weighted by Gasteiger charge is 2.59. The molecule has 0 aromatic rings. The molecule has 4 aliphatic rings. The lowest BCUT2D eigenvalue weighted by Gasteiger charge is -2.59. The third-order valence-corrected chi connectivity index (χ3v) is 7.50. The van der Waals surface area contributed by atoms with E-state index in [1.54, 1.807) is 0 Å². The average molecular weight is 301 g/mol. The molecule has 0 aliphatic heterocycles. The second-order valence-electron chi connectivity index (χ2n) is 8.34. The van der Waals surface area contributed by atoms with E-state index in [9.17, 15) is 10.2 Å². The topological polar surface area (TPSA) is 66.5 Å². The number of allylic oxidation sites excluding steroid dienone is 5. The summed E-state index contributed by atoms with van der Waals surface area (Å²) >= 11 is 0. The molecule has 2 saturated carbocycles. The zero-order chi connectivity index (χ0) is 15.7. The highest BCUT2D eigenvalue weighted by atomic mass is 16.3. The van der Waals surface area contributed by atoms with Gasteiger partial charge in [0.25, 0.3) is 0 Å². The summed E-state index contributed by atoms with van der Waals surface area (Å²) in [4.78, 5) is 0. The Morgan fingerprint density at radius 2 is 2.05 bits per heavy atom. The van der Waals surface area contributed by atoms with Crippen LogP contribution < -0.4 is 5.73 Å². The van der Waals surface area contributed by atoms with Crippen molar-refractivity contribution in [2.24, 2.45) is 40.2 Å². The Hall–Kier alpha value is -1.22. The van der Waals surface area contributed by atoms with Crippen molar-refractivity contribution in [1.29, 1.82) is 0 Å². The van der Waals surface area contributed by atoms with Crippen molar-refractivity contribution in [1.82, 2.24) is 0 Å². The predicted octanol–water partition coefficient (Wildman–Crippen LogP) is 3.28. The summed E-state index contributed by atoms with van der Waals surface area (Å²) in [5, 5.41) is 20.7. The first-order chi connectivity index (χ1) is 10.4. The first-order valence-electron chi connectivity index (χ1n) is 8.60. The van der Waals surface area contributed by atoms with Crippen LogP contribution in [0.2, 0.25) is 0 Å². The van der Waals surface area contributed by atoms with Gasteiger partial charge in [0.2, 0.25) is 0 Å². The molecule has 0 aromatic carbocycles. The lowest BCUT2D eigenvalue weighted by Crippen LogP contribution is -2.56. The monoisotopic (exact) mass is 301 g/mol. The zero-order valence-corrected chi connectivity index (χ0v) is 13.5. The van der Waals surface area contributed by atoms with E-state index in [2.05, 4.69) is 26.0 Å². The van der Waals surface area contributed by atoms with Gasteiger partial charge in [-0.1, -0.05) is 26.0 Å². The van der Waals surface area contributed by atoms with Crippen LogP contribution in [0.4, 0.5) is 0 Å². The SMILES string of the molecule is C[C@]12C=CC(O)=CC1C[C@H](O)[C@@H]1[C@@H]2CC[C@]2(C)C(N)=CC[C@@H]12. The highest BCUT2D eigenvalue weighted by Crippen LogP contribution is 2.64. The molecule has 22 heavy (non-hydrogen) atoms. The molecule has 0 spiro atoms. The summed E-state index contributed by atoms with van der Waals surface area (Å²) in [6, 6.07) is 0. The second-order valence-corrected chi connectivity index (χ2v) is 8.34. The Balaban J connectivity index is 1.73. The summed E-state index contributed by atoms with van der Waals surface area (Å²) in [7, 11) is 0. The number of hydrogen-bond acceptors (Lipinski definition) is 3. The van der Waals surface area contributed by atoms with Gasteiger partial charge in [-0.15, -0.1) is 0 Å². The van der Waals surface area contributed by atoms with Crippen molar-refractivity contribution in [3.05, 3.63) is 35.8 Å². The second kappa shape index (κ2) is 4.41. The van der Waals surface area contributed by atoms with Gasteiger partial charge in [0.05, 0.1) is 6.10 Å². The van der Waals surface area contributed by atoms with Crippen LogP contribution in [-0.4, -0.2) is 16.3 Å². The van der Waals surface area contributed by atoms with E-state index in [0.29, 0.717) is 23.5 Å². The van der Waals surface area contributed by atoms with Gasteiger partial charge >= 0.3 is 0 Å². The molecular formula is C19H27NO2. The van der Waals surface area contributed by atoms with Crippen molar-refractivity contribution in [2.75, 3.05) is 0 Å². The molecule has 0 radical (unpaired) electrons. The molecule has 4 aliphatic carbocycles. The molecule has 0 saturated heterocycles. The predicted molar refractivity (Wildman–Crippen MR) is 86.8 cm³/mol. The summed E-state index contributed by atoms with van der Waals surface area (Å²) in [5.74, 6) is 1.84. The van der Waals surface area contributed by atoms with Crippen molar-refractivity contribution < 1.29 is 10.2 Å². The van der Waals surface area contributed by atoms with Gasteiger partial charge in [-0.05, 0) is 66.9 Å². The van der Waals surface area contributed by atoms with Gasteiger partial charge in [-0.3, -0.25) is 0 Å². The lowest BCUT2D eigenvalue weighted by molar-refractivity contribution is -0.118. The number of aliphatic hydroxyl groups is 2. The smallest absolute Gasteiger partial charge is 0.111 e. The first-order valence-corrected chi connectivity index (χ1v) is 8.60. The quantitative estimate of drug-likeness (QED) is 0.643. The maximum Gasteiger partial charge on any atom is 0.111 e. The van der Waals surface area contributed by atoms with Gasteiger partial charge in [0.1, 0.15) is 5.76 Å². The molecule has 0 aromatic heterocycles. The molecule has 0 amide bonds. The van der Waals surface area contributed by atoms with Crippen molar-refractivity contribution >= 4 is 0 Å². The largest absolute Gasteiger partial charge is 0.508 e. The molecule has 120 valence electrons. The highest BCUT2D eigenvalue weighted by molar-refractivity contribution is 5.30. The molecule has 4 N–H and O–H groups in total. The minimum absolute atomic E-state index is 0.0504. The number of hydrogen-bond donors (Lipinski definition) is 3. The van der Waals surface area contributed by atoms with E-state index in [0.717, 1.165) is 31.4 Å². The summed E-state index contributed by atoms with van der Waals surface area (Å²) in [6.07, 6.45) is 11.9. The number of aliphatic hydroxyl groups excluding tert-OH is 2. The van der Waals surface area contributed by atoms with Gasteiger partial charge in [-0.2, -0.15) is 0 Å². The van der Waals surface area contributed by atoms with E-state index in [1.807, 2.05) is 12.2 Å². The molecule has 3 nitrogen and oxygen atoms in total. The number of nitrogens with two attached hydrogens (primary N) is 1. The van der Waals surface area contributed by atoms with E-state index in [1.165, 1.54) is 0 Å². The van der Waals surface area contributed by atoms with Crippen LogP contribution in [0.3, 0.4) is 0 Å². The summed E-state index contributed by atoms with van der Waals surface area (Å²) in [6.45, 7) is 4.60. The Morgan fingerprint density at radius 1 is 1.27 bits per heavy atom. The normalized spacial score (nSPS) is 53.1. The third kappa shape index (κ3) is 1.66. The Bertz CT molecular complexity index is 592. The summed E-state index contributed by atoms with van der Waals surface area (Å²) < 4.78 is 0. The van der Waals surface area contributed by atoms with Crippen LogP contribution in [0.5, 0.6) is 0 Å². The van der Waals surface area contributed by atoms with Gasteiger partial charge in [0.15, 0.2) is 0 Å². The van der Waals surface area contributed by atoms with Crippen molar-refractivity contribution in [2.45, 2.75) is 45.6 Å². The zero-order valence-electron chi connectivity index (χ0n) is 13.5. The van der Waals surface area contributed by atoms with Gasteiger partial charge in [-0.25, -0.2) is 0 Å². The minimum atomic E-state index is -0.289. The third-order valence-electron chi connectivity index (χ3n) is 7.50. The minimum Gasteiger partial charge on any atom is -0.508 e. The van der Waals surface area contributed by atoms with Crippen LogP contribution in [0.25, 0.3) is 0 Å². The maximum absolute atomic E-state index is 10.9. The van der Waals surface area contributed by atoms with Crippen molar-refractivity contribution in [3.8, 4) is 0 Å². The van der Waals surface area contributed by atoms with E-state index in [-0.39, 0.29) is 22.9 Å². The van der Waals surface area contributed by atoms with Crippen LogP contribution in [0.1, 0.15) is 39.5 Å². The first kappa shape index (κ1) is 14.4. The molecule has 0 heterocycles. The van der Waals surface area contributed by atoms with Crippen LogP contribution >= 0.6 is 0 Å². The van der Waals surface area contributed by atoms with Gasteiger partial charge < -0.3 is 15.9 Å². The number of fused-ring (bicyclic) bond motifs is 5. The van der Waals surface area contributed by atoms with E-state index < -0.39 is 0 Å². The Kier molecular flexibility index (Phi) is 2.88. The van der Waals surface area contributed by atoms with E-state index >= 15 is 0 Å². The lowest BCUT2D eigenvalue weighted by atomic mass is 9.46. The van der Waals surface area contributed by atoms with Crippen LogP contribution in [0.15, 0.2) is 35.8 Å². The number of rotatable bonds is 0. The molecule has 7 atom stereocenters. The fraction of sp³-hybridized carbons (Fsp3) is 0.684. The van der Waals surface area contributed by atoms with Gasteiger partial charge in [0, 0.05) is 11.1 Å². The Labute approximate surface area is 132 Å².